The van der Waals surface area contributed by atoms with Crippen LogP contribution in [0.1, 0.15) is 32.4 Å². The van der Waals surface area contributed by atoms with Gasteiger partial charge in [0.2, 0.25) is 0 Å². The van der Waals surface area contributed by atoms with Gasteiger partial charge in [0.1, 0.15) is 5.60 Å². The first-order valence-electron chi connectivity index (χ1n) is 7.01. The molecular weight excluding hydrogens is 284 g/mol. The van der Waals surface area contributed by atoms with E-state index in [0.29, 0.717) is 5.56 Å². The van der Waals surface area contributed by atoms with E-state index in [1.807, 2.05) is 31.1 Å². The fourth-order valence-electron chi connectivity index (χ4n) is 1.95. The third kappa shape index (κ3) is 4.73. The van der Waals surface area contributed by atoms with E-state index < -0.39 is 29.5 Å². The number of ether oxygens (including phenoxy) is 1. The highest BCUT2D eigenvalue weighted by Gasteiger charge is 2.37. The first-order valence-corrected chi connectivity index (χ1v) is 7.01. The summed E-state index contributed by atoms with van der Waals surface area (Å²) in [7, 11) is 3.80. The molecule has 6 heteroatoms. The van der Waals surface area contributed by atoms with E-state index in [1.54, 1.807) is 32.9 Å². The fraction of sp³-hybridized carbons (Fsp3) is 0.500. The molecule has 1 rings (SSSR count). The molecule has 0 aliphatic heterocycles. The number of hydrogen-bond acceptors (Lipinski definition) is 5. The molecule has 0 aliphatic carbocycles. The predicted molar refractivity (Wildman–Crippen MR) is 84.7 cm³/mol. The highest BCUT2D eigenvalue weighted by atomic mass is 16.6. The lowest BCUT2D eigenvalue weighted by atomic mass is 9.93. The molecule has 0 aliphatic rings. The van der Waals surface area contributed by atoms with E-state index in [-0.39, 0.29) is 0 Å². The minimum absolute atomic E-state index is 0.573. The Bertz CT molecular complexity index is 532. The van der Waals surface area contributed by atoms with Crippen molar-refractivity contribution < 1.29 is 19.4 Å². The summed E-state index contributed by atoms with van der Waals surface area (Å²) in [4.78, 5) is 25.4. The number of carbonyl (C=O) groups excluding carboxylic acids is 1. The van der Waals surface area contributed by atoms with Crippen LogP contribution < -0.4 is 10.6 Å². The molecule has 0 fully saturated rings. The van der Waals surface area contributed by atoms with Crippen molar-refractivity contribution in [1.82, 2.24) is 0 Å². The highest BCUT2D eigenvalue weighted by molar-refractivity contribution is 5.95. The van der Waals surface area contributed by atoms with Crippen molar-refractivity contribution in [2.24, 2.45) is 11.7 Å². The molecule has 1 aromatic rings. The number of carbonyl (C=O) groups is 2. The summed E-state index contributed by atoms with van der Waals surface area (Å²) in [6, 6.07) is 6.12. The second-order valence-corrected chi connectivity index (χ2v) is 6.36. The maximum atomic E-state index is 12.1. The minimum Gasteiger partial charge on any atom is -0.481 e. The zero-order valence-electron chi connectivity index (χ0n) is 13.7. The second-order valence-electron chi connectivity index (χ2n) is 6.36. The Balaban J connectivity index is 3.00. The normalized spacial score (nSPS) is 14.1. The van der Waals surface area contributed by atoms with Crippen LogP contribution in [0.25, 0.3) is 0 Å². The van der Waals surface area contributed by atoms with Gasteiger partial charge in [-0.15, -0.1) is 0 Å². The molecule has 6 nitrogen and oxygen atoms in total. The Kier molecular flexibility index (Phi) is 5.54. The van der Waals surface area contributed by atoms with Gasteiger partial charge in [-0.2, -0.15) is 0 Å². The topological polar surface area (TPSA) is 92.9 Å². The standard InChI is InChI=1S/C16H24N2O4/c1-16(2,3)22-15(21)12(14(19)20)13(17)10-6-8-11(9-7-10)18(4)5/h6-9,12-13H,17H2,1-5H3,(H,19,20). The summed E-state index contributed by atoms with van der Waals surface area (Å²) in [6.45, 7) is 5.05. The van der Waals surface area contributed by atoms with Crippen molar-refractivity contribution in [1.29, 1.82) is 0 Å². The van der Waals surface area contributed by atoms with E-state index >= 15 is 0 Å². The van der Waals surface area contributed by atoms with Crippen LogP contribution in [-0.4, -0.2) is 36.7 Å². The summed E-state index contributed by atoms with van der Waals surface area (Å²) in [6.07, 6.45) is 0. The average molecular weight is 308 g/mol. The molecule has 122 valence electrons. The third-order valence-electron chi connectivity index (χ3n) is 3.08. The summed E-state index contributed by atoms with van der Waals surface area (Å²) in [5.74, 6) is -3.56. The molecule has 2 unspecified atom stereocenters. The van der Waals surface area contributed by atoms with Crippen LogP contribution in [0, 0.1) is 5.92 Å². The molecule has 0 saturated heterocycles. The number of carboxylic acids is 1. The molecule has 0 bridgehead atoms. The highest BCUT2D eigenvalue weighted by Crippen LogP contribution is 2.25. The molecule has 0 aromatic heterocycles. The van der Waals surface area contributed by atoms with Crippen LogP contribution in [0.2, 0.25) is 0 Å². The van der Waals surface area contributed by atoms with Gasteiger partial charge in [-0.05, 0) is 38.5 Å². The third-order valence-corrected chi connectivity index (χ3v) is 3.08. The largest absolute Gasteiger partial charge is 0.481 e. The van der Waals surface area contributed by atoms with Gasteiger partial charge >= 0.3 is 11.9 Å². The van der Waals surface area contributed by atoms with Gasteiger partial charge in [-0.25, -0.2) is 0 Å². The number of hydrogen-bond donors (Lipinski definition) is 2. The molecule has 0 spiro atoms. The maximum Gasteiger partial charge on any atom is 0.322 e. The van der Waals surface area contributed by atoms with Crippen molar-refractivity contribution in [3.63, 3.8) is 0 Å². The molecule has 2 atom stereocenters. The Hall–Kier alpha value is -2.08. The molecule has 3 N–H and O–H groups in total. The minimum atomic E-state index is -1.44. The molecule has 22 heavy (non-hydrogen) atoms. The van der Waals surface area contributed by atoms with Crippen LogP contribution in [0.15, 0.2) is 24.3 Å². The zero-order valence-corrected chi connectivity index (χ0v) is 13.7. The van der Waals surface area contributed by atoms with Crippen molar-refractivity contribution in [3.8, 4) is 0 Å². The number of rotatable bonds is 5. The van der Waals surface area contributed by atoms with Gasteiger partial charge in [-0.3, -0.25) is 9.59 Å². The van der Waals surface area contributed by atoms with Gasteiger partial charge < -0.3 is 20.5 Å². The Labute approximate surface area is 130 Å². The number of anilines is 1. The van der Waals surface area contributed by atoms with E-state index in [9.17, 15) is 14.7 Å². The van der Waals surface area contributed by atoms with Gasteiger partial charge in [0.15, 0.2) is 5.92 Å². The molecule has 0 heterocycles. The Morgan fingerprint density at radius 2 is 1.68 bits per heavy atom. The summed E-state index contributed by atoms with van der Waals surface area (Å²) in [5.41, 5.74) is 6.76. The van der Waals surface area contributed by atoms with E-state index in [1.165, 1.54) is 0 Å². The SMILES string of the molecule is CN(C)c1ccc(C(N)C(C(=O)O)C(=O)OC(C)(C)C)cc1. The number of nitrogens with two attached hydrogens (primary N) is 1. The number of esters is 1. The number of benzene rings is 1. The first kappa shape index (κ1) is 18.0. The van der Waals surface area contributed by atoms with Crippen LogP contribution in [0.5, 0.6) is 0 Å². The van der Waals surface area contributed by atoms with Gasteiger partial charge in [0.25, 0.3) is 0 Å². The predicted octanol–water partition coefficient (Wildman–Crippen LogP) is 1.79. The smallest absolute Gasteiger partial charge is 0.322 e. The van der Waals surface area contributed by atoms with Crippen LogP contribution in [0.3, 0.4) is 0 Å². The van der Waals surface area contributed by atoms with Crippen molar-refractivity contribution in [2.75, 3.05) is 19.0 Å². The number of carboxylic acid groups (broad SMARTS) is 1. The molecule has 1 aromatic carbocycles. The van der Waals surface area contributed by atoms with E-state index in [4.69, 9.17) is 10.5 Å². The Morgan fingerprint density at radius 3 is 2.05 bits per heavy atom. The average Bonchev–Trinajstić information content (AvgIpc) is 2.36. The van der Waals surface area contributed by atoms with Gasteiger partial charge in [0.05, 0.1) is 6.04 Å². The van der Waals surface area contributed by atoms with Crippen molar-refractivity contribution >= 4 is 17.6 Å². The lowest BCUT2D eigenvalue weighted by Gasteiger charge is -2.25. The maximum absolute atomic E-state index is 12.1. The van der Waals surface area contributed by atoms with E-state index in [2.05, 4.69) is 0 Å². The number of nitrogens with zero attached hydrogens (tertiary/aromatic N) is 1. The van der Waals surface area contributed by atoms with Crippen molar-refractivity contribution in [2.45, 2.75) is 32.4 Å². The van der Waals surface area contributed by atoms with Crippen LogP contribution >= 0.6 is 0 Å². The Morgan fingerprint density at radius 1 is 1.18 bits per heavy atom. The van der Waals surface area contributed by atoms with Crippen LogP contribution in [-0.2, 0) is 14.3 Å². The molecule has 0 amide bonds. The molecule has 0 radical (unpaired) electrons. The lowest BCUT2D eigenvalue weighted by Crippen LogP contribution is -2.39. The summed E-state index contributed by atoms with van der Waals surface area (Å²) < 4.78 is 5.16. The fourth-order valence-corrected chi connectivity index (χ4v) is 1.95. The van der Waals surface area contributed by atoms with Gasteiger partial charge in [0, 0.05) is 19.8 Å². The summed E-state index contributed by atoms with van der Waals surface area (Å²) >= 11 is 0. The van der Waals surface area contributed by atoms with Crippen LogP contribution in [0.4, 0.5) is 5.69 Å². The molecule has 0 saturated carbocycles. The van der Waals surface area contributed by atoms with Gasteiger partial charge in [-0.1, -0.05) is 12.1 Å². The monoisotopic (exact) mass is 308 g/mol. The summed E-state index contributed by atoms with van der Waals surface area (Å²) in [5, 5.41) is 9.33. The van der Waals surface area contributed by atoms with Crippen molar-refractivity contribution in [3.05, 3.63) is 29.8 Å². The second kappa shape index (κ2) is 6.79. The van der Waals surface area contributed by atoms with E-state index in [0.717, 1.165) is 5.69 Å². The number of aliphatic carboxylic acids is 1. The lowest BCUT2D eigenvalue weighted by molar-refractivity contribution is -0.167. The first-order chi connectivity index (χ1) is 10.0. The quantitative estimate of drug-likeness (QED) is 0.636. The zero-order chi connectivity index (χ0) is 17.1. The molecular formula is C16H24N2O4.